The molecule has 0 saturated carbocycles. The number of carbonyl (C=O) groups excluding carboxylic acids is 1. The van der Waals surface area contributed by atoms with Gasteiger partial charge in [-0.3, -0.25) is 0 Å². The van der Waals surface area contributed by atoms with Crippen molar-refractivity contribution in [3.8, 4) is 0 Å². The van der Waals surface area contributed by atoms with E-state index in [4.69, 9.17) is 0 Å². The monoisotopic (exact) mass is 288 g/mol. The fraction of sp³-hybridized carbons (Fsp3) is 0.188. The van der Waals surface area contributed by atoms with Gasteiger partial charge in [0.2, 0.25) is 0 Å². The van der Waals surface area contributed by atoms with E-state index in [1.54, 1.807) is 4.90 Å². The van der Waals surface area contributed by atoms with Gasteiger partial charge in [0.05, 0.1) is 5.69 Å². The summed E-state index contributed by atoms with van der Waals surface area (Å²) in [6.45, 7) is 2.41. The van der Waals surface area contributed by atoms with Gasteiger partial charge in [0.25, 0.3) is 0 Å². The molecule has 0 fully saturated rings. The molecule has 21 heavy (non-hydrogen) atoms. The van der Waals surface area contributed by atoms with Gasteiger partial charge in [0.15, 0.2) is 0 Å². The lowest BCUT2D eigenvalue weighted by molar-refractivity contribution is 0.212. The first-order chi connectivity index (χ1) is 10.0. The SMILES string of the molecule is Cc1cc(F)c(NC(=O)N2Cc3ccccc3C2)cc1F. The topological polar surface area (TPSA) is 32.3 Å². The molecule has 3 rings (SSSR count). The lowest BCUT2D eigenvalue weighted by Gasteiger charge is -2.17. The van der Waals surface area contributed by atoms with Crippen molar-refractivity contribution < 1.29 is 13.6 Å². The quantitative estimate of drug-likeness (QED) is 0.850. The van der Waals surface area contributed by atoms with Gasteiger partial charge in [-0.15, -0.1) is 0 Å². The number of amides is 2. The van der Waals surface area contributed by atoms with Crippen molar-refractivity contribution in [2.45, 2.75) is 20.0 Å². The van der Waals surface area contributed by atoms with Crippen LogP contribution in [-0.2, 0) is 13.1 Å². The van der Waals surface area contributed by atoms with E-state index in [0.29, 0.717) is 13.1 Å². The summed E-state index contributed by atoms with van der Waals surface area (Å²) in [6, 6.07) is 9.37. The summed E-state index contributed by atoms with van der Waals surface area (Å²) >= 11 is 0. The molecule has 2 amide bonds. The molecule has 1 N–H and O–H groups in total. The number of nitrogens with one attached hydrogen (secondary N) is 1. The summed E-state index contributed by atoms with van der Waals surface area (Å²) in [5, 5.41) is 2.43. The van der Waals surface area contributed by atoms with Crippen LogP contribution in [0.1, 0.15) is 16.7 Å². The standard InChI is InChI=1S/C16H14F2N2O/c1-10-6-14(18)15(7-13(10)17)19-16(21)20-8-11-4-2-3-5-12(11)9-20/h2-7H,8-9H2,1H3,(H,19,21). The second kappa shape index (κ2) is 5.16. The number of carbonyl (C=O) groups is 1. The van der Waals surface area contributed by atoms with Crippen LogP contribution in [0.2, 0.25) is 0 Å². The second-order valence-corrected chi connectivity index (χ2v) is 5.14. The Hall–Kier alpha value is -2.43. The molecule has 1 heterocycles. The van der Waals surface area contributed by atoms with Gasteiger partial charge in [0.1, 0.15) is 11.6 Å². The van der Waals surface area contributed by atoms with Crippen LogP contribution in [0.15, 0.2) is 36.4 Å². The molecule has 0 saturated heterocycles. The average Bonchev–Trinajstić information content (AvgIpc) is 2.88. The van der Waals surface area contributed by atoms with Crippen molar-refractivity contribution in [3.63, 3.8) is 0 Å². The number of urea groups is 1. The molecule has 0 aliphatic carbocycles. The highest BCUT2D eigenvalue weighted by Gasteiger charge is 2.23. The fourth-order valence-electron chi connectivity index (χ4n) is 2.41. The Labute approximate surface area is 121 Å². The lowest BCUT2D eigenvalue weighted by Crippen LogP contribution is -2.30. The predicted molar refractivity (Wildman–Crippen MR) is 75.8 cm³/mol. The summed E-state index contributed by atoms with van der Waals surface area (Å²) < 4.78 is 27.2. The maximum atomic E-state index is 13.7. The van der Waals surface area contributed by atoms with Gasteiger partial charge < -0.3 is 10.2 Å². The van der Waals surface area contributed by atoms with Crippen molar-refractivity contribution in [2.75, 3.05) is 5.32 Å². The van der Waals surface area contributed by atoms with Gasteiger partial charge in [-0.2, -0.15) is 0 Å². The fourth-order valence-corrected chi connectivity index (χ4v) is 2.41. The third kappa shape index (κ3) is 2.59. The number of hydrogen-bond acceptors (Lipinski definition) is 1. The molecule has 0 bridgehead atoms. The molecule has 3 nitrogen and oxygen atoms in total. The minimum atomic E-state index is -0.640. The minimum absolute atomic E-state index is 0.140. The third-order valence-corrected chi connectivity index (χ3v) is 3.62. The van der Waals surface area contributed by atoms with E-state index in [2.05, 4.69) is 5.32 Å². The van der Waals surface area contributed by atoms with Crippen LogP contribution in [0, 0.1) is 18.6 Å². The molecule has 108 valence electrons. The largest absolute Gasteiger partial charge is 0.322 e. The Kier molecular flexibility index (Phi) is 3.33. The number of fused-ring (bicyclic) bond motifs is 1. The lowest BCUT2D eigenvalue weighted by atomic mass is 10.1. The Morgan fingerprint density at radius 2 is 1.71 bits per heavy atom. The van der Waals surface area contributed by atoms with E-state index in [-0.39, 0.29) is 11.3 Å². The van der Waals surface area contributed by atoms with Crippen molar-refractivity contribution in [3.05, 3.63) is 64.7 Å². The number of anilines is 1. The number of halogens is 2. The van der Waals surface area contributed by atoms with Crippen molar-refractivity contribution in [2.24, 2.45) is 0 Å². The van der Waals surface area contributed by atoms with E-state index in [9.17, 15) is 13.6 Å². The van der Waals surface area contributed by atoms with Gasteiger partial charge >= 0.3 is 6.03 Å². The van der Waals surface area contributed by atoms with Crippen LogP contribution in [0.3, 0.4) is 0 Å². The molecule has 2 aromatic rings. The maximum Gasteiger partial charge on any atom is 0.322 e. The third-order valence-electron chi connectivity index (χ3n) is 3.62. The van der Waals surface area contributed by atoms with E-state index in [0.717, 1.165) is 23.3 Å². The van der Waals surface area contributed by atoms with Crippen LogP contribution < -0.4 is 5.32 Å². The van der Waals surface area contributed by atoms with Crippen molar-refractivity contribution in [1.29, 1.82) is 0 Å². The van der Waals surface area contributed by atoms with E-state index in [1.807, 2.05) is 24.3 Å². The molecule has 0 atom stereocenters. The number of rotatable bonds is 1. The smallest absolute Gasteiger partial charge is 0.316 e. The number of benzene rings is 2. The van der Waals surface area contributed by atoms with Gasteiger partial charge in [0, 0.05) is 19.2 Å². The van der Waals surface area contributed by atoms with E-state index < -0.39 is 17.7 Å². The summed E-state index contributed by atoms with van der Waals surface area (Å²) in [7, 11) is 0. The molecule has 1 aliphatic rings. The molecule has 0 radical (unpaired) electrons. The van der Waals surface area contributed by atoms with Crippen LogP contribution in [0.25, 0.3) is 0 Å². The Balaban J connectivity index is 1.75. The summed E-state index contributed by atoms with van der Waals surface area (Å²) in [4.78, 5) is 13.7. The van der Waals surface area contributed by atoms with Gasteiger partial charge in [-0.1, -0.05) is 24.3 Å². The summed E-state index contributed by atoms with van der Waals surface area (Å²) in [5.41, 5.74) is 2.21. The molecule has 5 heteroatoms. The Bertz CT molecular complexity index is 690. The Morgan fingerprint density at radius 3 is 2.33 bits per heavy atom. The van der Waals surface area contributed by atoms with Crippen molar-refractivity contribution >= 4 is 11.7 Å². The van der Waals surface area contributed by atoms with Gasteiger partial charge in [-0.05, 0) is 29.7 Å². The molecule has 1 aliphatic heterocycles. The van der Waals surface area contributed by atoms with Crippen LogP contribution in [0.5, 0.6) is 0 Å². The minimum Gasteiger partial charge on any atom is -0.316 e. The first kappa shape index (κ1) is 13.5. The first-order valence-electron chi connectivity index (χ1n) is 6.63. The van der Waals surface area contributed by atoms with Crippen LogP contribution in [-0.4, -0.2) is 10.9 Å². The van der Waals surface area contributed by atoms with E-state index in [1.165, 1.54) is 6.92 Å². The van der Waals surface area contributed by atoms with Gasteiger partial charge in [-0.25, -0.2) is 13.6 Å². The second-order valence-electron chi connectivity index (χ2n) is 5.14. The highest BCUT2D eigenvalue weighted by molar-refractivity contribution is 5.89. The van der Waals surface area contributed by atoms with Crippen LogP contribution >= 0.6 is 0 Å². The predicted octanol–water partition coefficient (Wildman–Crippen LogP) is 3.82. The molecule has 2 aromatic carbocycles. The number of aryl methyl sites for hydroxylation is 1. The average molecular weight is 288 g/mol. The zero-order valence-electron chi connectivity index (χ0n) is 11.5. The molecule has 0 unspecified atom stereocenters. The normalized spacial score (nSPS) is 13.2. The molecule has 0 aromatic heterocycles. The zero-order chi connectivity index (χ0) is 15.0. The molecular weight excluding hydrogens is 274 g/mol. The number of hydrogen-bond donors (Lipinski definition) is 1. The van der Waals surface area contributed by atoms with E-state index >= 15 is 0 Å². The summed E-state index contributed by atoms with van der Waals surface area (Å²) in [6.07, 6.45) is 0. The van der Waals surface area contributed by atoms with Crippen molar-refractivity contribution in [1.82, 2.24) is 4.90 Å². The molecular formula is C16H14F2N2O. The summed E-state index contributed by atoms with van der Waals surface area (Å²) in [5.74, 6) is -1.18. The van der Waals surface area contributed by atoms with Crippen LogP contribution in [0.4, 0.5) is 19.3 Å². The maximum absolute atomic E-state index is 13.7. The first-order valence-corrected chi connectivity index (χ1v) is 6.63. The highest BCUT2D eigenvalue weighted by Crippen LogP contribution is 2.24. The molecule has 0 spiro atoms. The highest BCUT2D eigenvalue weighted by atomic mass is 19.1. The number of nitrogens with zero attached hydrogens (tertiary/aromatic N) is 1. The Morgan fingerprint density at radius 1 is 1.10 bits per heavy atom. The zero-order valence-corrected chi connectivity index (χ0v) is 11.5.